The first kappa shape index (κ1) is 24.0. The normalized spacial score (nSPS) is 12.3. The number of sulfonamides is 1. The van der Waals surface area contributed by atoms with Crippen LogP contribution in [0.25, 0.3) is 0 Å². The Morgan fingerprint density at radius 1 is 1.03 bits per heavy atom. The molecule has 0 saturated carbocycles. The minimum Gasteiger partial charge on any atom is -0.346 e. The highest BCUT2D eigenvalue weighted by atomic mass is 35.5. The number of nitrogens with zero attached hydrogens (tertiary/aromatic N) is 1. The highest BCUT2D eigenvalue weighted by molar-refractivity contribution is 7.92. The van der Waals surface area contributed by atoms with E-state index in [0.717, 1.165) is 16.1 Å². The van der Waals surface area contributed by atoms with E-state index >= 15 is 0 Å². The van der Waals surface area contributed by atoms with Crippen LogP contribution in [0.2, 0.25) is 10.0 Å². The molecule has 3 aromatic carbocycles. The number of carbonyl (C=O) groups is 1. The highest BCUT2D eigenvalue weighted by Crippen LogP contribution is 2.34. The Balaban J connectivity index is 1.75. The summed E-state index contributed by atoms with van der Waals surface area (Å²) in [5.74, 6) is -0.642. The van der Waals surface area contributed by atoms with Crippen LogP contribution in [0.1, 0.15) is 34.5 Å². The van der Waals surface area contributed by atoms with Gasteiger partial charge in [0, 0.05) is 5.56 Å². The fourth-order valence-electron chi connectivity index (χ4n) is 3.11. The number of anilines is 1. The maximum Gasteiger partial charge on any atom is 0.251 e. The van der Waals surface area contributed by atoms with Crippen molar-refractivity contribution in [2.75, 3.05) is 10.6 Å². The lowest BCUT2D eigenvalue weighted by Gasteiger charge is -2.24. The van der Waals surface area contributed by atoms with Gasteiger partial charge in [-0.1, -0.05) is 53.5 Å². The lowest BCUT2D eigenvalue weighted by molar-refractivity contribution is 0.0940. The van der Waals surface area contributed by atoms with Crippen molar-refractivity contribution in [1.29, 1.82) is 0 Å². The zero-order chi connectivity index (χ0) is 23.5. The summed E-state index contributed by atoms with van der Waals surface area (Å²) in [7, 11) is -3.65. The van der Waals surface area contributed by atoms with E-state index < -0.39 is 10.0 Å². The Morgan fingerprint density at radius 3 is 2.25 bits per heavy atom. The summed E-state index contributed by atoms with van der Waals surface area (Å²) in [6, 6.07) is 17.0. The highest BCUT2D eigenvalue weighted by Gasteiger charge is 2.22. The maximum atomic E-state index is 13.1. The second kappa shape index (κ2) is 9.90. The second-order valence-corrected chi connectivity index (χ2v) is 9.98. The first-order valence-corrected chi connectivity index (χ1v) is 12.2. The molecule has 0 bridgehead atoms. The van der Waals surface area contributed by atoms with Gasteiger partial charge in [0.25, 0.3) is 5.91 Å². The van der Waals surface area contributed by atoms with Crippen molar-refractivity contribution in [2.45, 2.75) is 19.5 Å². The van der Waals surface area contributed by atoms with Crippen molar-refractivity contribution in [3.05, 3.63) is 99.3 Å². The molecule has 0 aliphatic carbocycles. The molecule has 168 valence electrons. The molecule has 0 aliphatic heterocycles. The van der Waals surface area contributed by atoms with Crippen LogP contribution in [0, 0.1) is 5.82 Å². The van der Waals surface area contributed by atoms with Crippen LogP contribution in [-0.2, 0) is 16.6 Å². The van der Waals surface area contributed by atoms with E-state index in [0.29, 0.717) is 11.1 Å². The van der Waals surface area contributed by atoms with E-state index in [2.05, 4.69) is 5.32 Å². The van der Waals surface area contributed by atoms with Crippen molar-refractivity contribution in [2.24, 2.45) is 0 Å². The van der Waals surface area contributed by atoms with Crippen molar-refractivity contribution in [3.8, 4) is 0 Å². The number of nitrogens with one attached hydrogen (secondary N) is 1. The van der Waals surface area contributed by atoms with Gasteiger partial charge in [-0.15, -0.1) is 0 Å². The lowest BCUT2D eigenvalue weighted by Crippen LogP contribution is -2.29. The van der Waals surface area contributed by atoms with E-state index in [1.165, 1.54) is 12.1 Å². The average Bonchev–Trinajstić information content (AvgIpc) is 2.74. The van der Waals surface area contributed by atoms with E-state index in [1.54, 1.807) is 61.5 Å². The van der Waals surface area contributed by atoms with Crippen LogP contribution < -0.4 is 9.62 Å². The number of halogens is 3. The molecule has 3 aromatic rings. The van der Waals surface area contributed by atoms with Gasteiger partial charge in [-0.2, -0.15) is 0 Å². The Bertz CT molecular complexity index is 1220. The number of amides is 1. The molecular weight excluding hydrogens is 474 g/mol. The predicted octanol–water partition coefficient (Wildman–Crippen LogP) is 5.59. The van der Waals surface area contributed by atoms with Crippen molar-refractivity contribution in [3.63, 3.8) is 0 Å². The Labute approximate surface area is 196 Å². The van der Waals surface area contributed by atoms with E-state index in [9.17, 15) is 17.6 Å². The van der Waals surface area contributed by atoms with Gasteiger partial charge in [0.2, 0.25) is 10.0 Å². The number of carbonyl (C=O) groups excluding carboxylic acids is 1. The standard InChI is InChI=1S/C23H21Cl2FN2O3S/c1-15(17-10-12-19(26)13-11-17)27-23(29)18-8-6-16(7-9-18)14-28(32(2,30)31)21-5-3-4-20(24)22(21)25/h3-13,15H,14H2,1-2H3,(H,27,29). The third-order valence-corrected chi connectivity index (χ3v) is 6.80. The Morgan fingerprint density at radius 2 is 1.66 bits per heavy atom. The summed E-state index contributed by atoms with van der Waals surface area (Å²) in [5.41, 5.74) is 2.12. The lowest BCUT2D eigenvalue weighted by atomic mass is 10.1. The van der Waals surface area contributed by atoms with Crippen LogP contribution in [0.4, 0.5) is 10.1 Å². The monoisotopic (exact) mass is 494 g/mol. The third-order valence-electron chi connectivity index (χ3n) is 4.86. The summed E-state index contributed by atoms with van der Waals surface area (Å²) in [6.07, 6.45) is 1.09. The molecule has 0 aliphatic rings. The summed E-state index contributed by atoms with van der Waals surface area (Å²) in [5, 5.41) is 3.25. The molecule has 0 heterocycles. The SMILES string of the molecule is CC(NC(=O)c1ccc(CN(c2cccc(Cl)c2Cl)S(C)(=O)=O)cc1)c1ccc(F)cc1. The molecular formula is C23H21Cl2FN2O3S. The fraction of sp³-hybridized carbons (Fsp3) is 0.174. The van der Waals surface area contributed by atoms with Crippen LogP contribution in [0.15, 0.2) is 66.7 Å². The van der Waals surface area contributed by atoms with Gasteiger partial charge < -0.3 is 5.32 Å². The van der Waals surface area contributed by atoms with E-state index in [4.69, 9.17) is 23.2 Å². The molecule has 1 N–H and O–H groups in total. The van der Waals surface area contributed by atoms with Gasteiger partial charge in [-0.25, -0.2) is 12.8 Å². The molecule has 3 rings (SSSR count). The molecule has 32 heavy (non-hydrogen) atoms. The number of rotatable bonds is 7. The third kappa shape index (κ3) is 5.79. The predicted molar refractivity (Wildman–Crippen MR) is 126 cm³/mol. The number of benzene rings is 3. The zero-order valence-corrected chi connectivity index (χ0v) is 19.7. The van der Waals surface area contributed by atoms with Crippen molar-refractivity contribution < 1.29 is 17.6 Å². The van der Waals surface area contributed by atoms with Gasteiger partial charge >= 0.3 is 0 Å². The molecule has 5 nitrogen and oxygen atoms in total. The molecule has 0 radical (unpaired) electrons. The van der Waals surface area contributed by atoms with Gasteiger partial charge in [-0.05, 0) is 54.4 Å². The van der Waals surface area contributed by atoms with Crippen LogP contribution in [0.5, 0.6) is 0 Å². The second-order valence-electron chi connectivity index (χ2n) is 7.29. The molecule has 1 unspecified atom stereocenters. The topological polar surface area (TPSA) is 66.5 Å². The first-order chi connectivity index (χ1) is 15.1. The molecule has 0 aromatic heterocycles. The van der Waals surface area contributed by atoms with Crippen LogP contribution in [-0.4, -0.2) is 20.6 Å². The minimum absolute atomic E-state index is 0.0206. The van der Waals surface area contributed by atoms with Gasteiger partial charge in [0.15, 0.2) is 0 Å². The summed E-state index contributed by atoms with van der Waals surface area (Å²) in [4.78, 5) is 12.6. The van der Waals surface area contributed by atoms with Gasteiger partial charge in [0.05, 0.1) is 34.6 Å². The average molecular weight is 495 g/mol. The molecule has 0 saturated heterocycles. The van der Waals surface area contributed by atoms with Crippen LogP contribution >= 0.6 is 23.2 Å². The summed E-state index contributed by atoms with van der Waals surface area (Å²) < 4.78 is 39.0. The first-order valence-electron chi connectivity index (χ1n) is 9.63. The van der Waals surface area contributed by atoms with E-state index in [-0.39, 0.29) is 40.0 Å². The summed E-state index contributed by atoms with van der Waals surface area (Å²) >= 11 is 12.3. The smallest absolute Gasteiger partial charge is 0.251 e. The maximum absolute atomic E-state index is 13.1. The molecule has 0 fully saturated rings. The zero-order valence-electron chi connectivity index (χ0n) is 17.3. The largest absolute Gasteiger partial charge is 0.346 e. The van der Waals surface area contributed by atoms with Crippen molar-refractivity contribution >= 4 is 44.8 Å². The minimum atomic E-state index is -3.65. The molecule has 9 heteroatoms. The van der Waals surface area contributed by atoms with Gasteiger partial charge in [0.1, 0.15) is 5.82 Å². The van der Waals surface area contributed by atoms with Gasteiger partial charge in [-0.3, -0.25) is 9.10 Å². The van der Waals surface area contributed by atoms with Crippen LogP contribution in [0.3, 0.4) is 0 Å². The molecule has 1 atom stereocenters. The Kier molecular flexibility index (Phi) is 7.44. The van der Waals surface area contributed by atoms with Crippen molar-refractivity contribution in [1.82, 2.24) is 5.32 Å². The molecule has 1 amide bonds. The Hall–Kier alpha value is -2.61. The number of hydrogen-bond donors (Lipinski definition) is 1. The van der Waals surface area contributed by atoms with E-state index in [1.807, 2.05) is 0 Å². The number of hydrogen-bond acceptors (Lipinski definition) is 3. The fourth-order valence-corrected chi connectivity index (χ4v) is 4.45. The quantitative estimate of drug-likeness (QED) is 0.465. The molecule has 0 spiro atoms. The summed E-state index contributed by atoms with van der Waals surface area (Å²) in [6.45, 7) is 1.82.